The summed E-state index contributed by atoms with van der Waals surface area (Å²) in [4.78, 5) is 31.6. The van der Waals surface area contributed by atoms with Gasteiger partial charge in [0.2, 0.25) is 11.8 Å². The smallest absolute Gasteiger partial charge is 0.246 e. The molecule has 2 amide bonds. The summed E-state index contributed by atoms with van der Waals surface area (Å²) in [6.07, 6.45) is 7.93. The Kier molecular flexibility index (Phi) is 7.94. The van der Waals surface area contributed by atoms with Crippen molar-refractivity contribution in [3.05, 3.63) is 81.5 Å². The Morgan fingerprint density at radius 2 is 1.86 bits per heavy atom. The molecule has 1 aliphatic carbocycles. The molecule has 0 aromatic heterocycles. The first-order valence-electron chi connectivity index (χ1n) is 13.4. The standard InChI is InChI=1S/C30H35Cl2N3O2/c1-34(29(37)30(14-15-30)25-11-10-24(31)18-26(25)32)27(9-5-8-21-6-3-2-4-7-21)28(36)33-19-23-20-35-16-12-22(23)13-17-35/h2-4,6-7,10-11,18-19,22,27H,5,8-9,12-17,20H2,1H3,(H,33,36)/b23-19-. The Balaban J connectivity index is 1.32. The van der Waals surface area contributed by atoms with Crippen LogP contribution in [0.5, 0.6) is 0 Å². The van der Waals surface area contributed by atoms with Crippen LogP contribution >= 0.6 is 23.2 Å². The van der Waals surface area contributed by atoms with Crippen LogP contribution in [0.3, 0.4) is 0 Å². The Bertz CT molecular complexity index is 1170. The monoisotopic (exact) mass is 539 g/mol. The summed E-state index contributed by atoms with van der Waals surface area (Å²) in [5.41, 5.74) is 2.65. The topological polar surface area (TPSA) is 52.7 Å². The van der Waals surface area contributed by atoms with Gasteiger partial charge >= 0.3 is 0 Å². The van der Waals surface area contributed by atoms with Gasteiger partial charge in [0.1, 0.15) is 6.04 Å². The zero-order valence-electron chi connectivity index (χ0n) is 21.4. The molecule has 2 aromatic carbocycles. The van der Waals surface area contributed by atoms with Gasteiger partial charge in [0.25, 0.3) is 0 Å². The van der Waals surface area contributed by atoms with Crippen LogP contribution < -0.4 is 5.32 Å². The van der Waals surface area contributed by atoms with Gasteiger partial charge in [-0.1, -0.05) is 59.6 Å². The highest BCUT2D eigenvalue weighted by molar-refractivity contribution is 6.35. The molecular formula is C30H35Cl2N3O2. The van der Waals surface area contributed by atoms with Crippen LogP contribution in [0.25, 0.3) is 0 Å². The summed E-state index contributed by atoms with van der Waals surface area (Å²) in [5.74, 6) is 0.390. The molecule has 6 rings (SSSR count). The average molecular weight is 541 g/mol. The second-order valence-electron chi connectivity index (χ2n) is 10.8. The van der Waals surface area contributed by atoms with E-state index in [0.29, 0.717) is 22.4 Å². The Hall–Kier alpha value is -2.34. The number of carbonyl (C=O) groups is 2. The maximum Gasteiger partial charge on any atom is 0.246 e. The minimum atomic E-state index is -0.678. The van der Waals surface area contributed by atoms with Gasteiger partial charge in [0.05, 0.1) is 5.41 Å². The van der Waals surface area contributed by atoms with Crippen molar-refractivity contribution in [1.29, 1.82) is 0 Å². The lowest BCUT2D eigenvalue weighted by Crippen LogP contribution is -2.50. The van der Waals surface area contributed by atoms with Crippen LogP contribution in [0.15, 0.2) is 60.3 Å². The van der Waals surface area contributed by atoms with Crippen LogP contribution in [0, 0.1) is 5.92 Å². The van der Waals surface area contributed by atoms with Crippen molar-refractivity contribution in [2.45, 2.75) is 56.4 Å². The first-order chi connectivity index (χ1) is 17.9. The SMILES string of the molecule is CN(C(=O)C1(c2ccc(Cl)cc2Cl)CC1)C(CCCc1ccccc1)C(=O)N/C=C1/CN2CCC1CC2. The summed E-state index contributed by atoms with van der Waals surface area (Å²) in [7, 11) is 1.76. The van der Waals surface area contributed by atoms with E-state index in [9.17, 15) is 9.59 Å². The number of rotatable bonds is 9. The lowest BCUT2D eigenvalue weighted by molar-refractivity contribution is -0.140. The van der Waals surface area contributed by atoms with Crippen molar-refractivity contribution < 1.29 is 9.59 Å². The Morgan fingerprint density at radius 3 is 2.49 bits per heavy atom. The molecule has 4 fully saturated rings. The highest BCUT2D eigenvalue weighted by Crippen LogP contribution is 2.52. The molecular weight excluding hydrogens is 505 g/mol. The molecule has 0 radical (unpaired) electrons. The van der Waals surface area contributed by atoms with E-state index in [1.165, 1.54) is 11.1 Å². The molecule has 3 saturated heterocycles. The predicted octanol–water partition coefficient (Wildman–Crippen LogP) is 5.60. The minimum absolute atomic E-state index is 0.0490. The van der Waals surface area contributed by atoms with Crippen molar-refractivity contribution in [2.24, 2.45) is 5.92 Å². The van der Waals surface area contributed by atoms with E-state index in [4.69, 9.17) is 23.2 Å². The third-order valence-electron chi connectivity index (χ3n) is 8.40. The van der Waals surface area contributed by atoms with Crippen molar-refractivity contribution in [3.8, 4) is 0 Å². The zero-order chi connectivity index (χ0) is 26.0. The number of aryl methyl sites for hydroxylation is 1. The second-order valence-corrected chi connectivity index (χ2v) is 11.6. The largest absolute Gasteiger partial charge is 0.333 e. The number of piperidine rings is 3. The third-order valence-corrected chi connectivity index (χ3v) is 8.95. The van der Waals surface area contributed by atoms with Gasteiger partial charge in [-0.15, -0.1) is 0 Å². The fourth-order valence-corrected chi connectivity index (χ4v) is 6.59. The predicted molar refractivity (Wildman–Crippen MR) is 149 cm³/mol. The minimum Gasteiger partial charge on any atom is -0.333 e. The lowest BCUT2D eigenvalue weighted by Gasteiger charge is -2.41. The van der Waals surface area contributed by atoms with E-state index in [1.54, 1.807) is 24.1 Å². The van der Waals surface area contributed by atoms with Gasteiger partial charge in [-0.3, -0.25) is 14.5 Å². The maximum absolute atomic E-state index is 13.9. The number of benzene rings is 2. The van der Waals surface area contributed by atoms with Gasteiger partial charge in [0, 0.05) is 29.8 Å². The van der Waals surface area contributed by atoms with Gasteiger partial charge in [-0.25, -0.2) is 0 Å². The van der Waals surface area contributed by atoms with Gasteiger partial charge < -0.3 is 10.2 Å². The van der Waals surface area contributed by atoms with Gasteiger partial charge in [-0.05, 0) is 92.8 Å². The molecule has 0 spiro atoms. The molecule has 37 heavy (non-hydrogen) atoms. The highest BCUT2D eigenvalue weighted by atomic mass is 35.5. The van der Waals surface area contributed by atoms with Crippen LogP contribution in [0.1, 0.15) is 49.7 Å². The van der Waals surface area contributed by atoms with E-state index in [-0.39, 0.29) is 11.8 Å². The number of amides is 2. The summed E-state index contributed by atoms with van der Waals surface area (Å²) < 4.78 is 0. The number of fused-ring (bicyclic) bond motifs is 3. The van der Waals surface area contributed by atoms with Crippen molar-refractivity contribution >= 4 is 35.0 Å². The molecule has 2 bridgehead atoms. The normalized spacial score (nSPS) is 23.5. The molecule has 5 nitrogen and oxygen atoms in total. The van der Waals surface area contributed by atoms with Crippen LogP contribution in [-0.4, -0.2) is 54.3 Å². The fraction of sp³-hybridized carbons (Fsp3) is 0.467. The number of carbonyl (C=O) groups excluding carboxylic acids is 2. The van der Waals surface area contributed by atoms with Gasteiger partial charge in [-0.2, -0.15) is 0 Å². The molecule has 2 aromatic rings. The molecule has 1 unspecified atom stereocenters. The van der Waals surface area contributed by atoms with E-state index in [0.717, 1.165) is 63.7 Å². The van der Waals surface area contributed by atoms with Gasteiger partial charge in [0.15, 0.2) is 0 Å². The molecule has 7 heteroatoms. The molecule has 1 saturated carbocycles. The number of hydrogen-bond acceptors (Lipinski definition) is 3. The van der Waals surface area contributed by atoms with Crippen molar-refractivity contribution in [2.75, 3.05) is 26.7 Å². The Morgan fingerprint density at radius 1 is 1.14 bits per heavy atom. The molecule has 1 atom stereocenters. The molecule has 196 valence electrons. The van der Waals surface area contributed by atoms with Crippen LogP contribution in [0.4, 0.5) is 0 Å². The average Bonchev–Trinajstić information content (AvgIpc) is 3.72. The zero-order valence-corrected chi connectivity index (χ0v) is 22.9. The number of hydrogen-bond donors (Lipinski definition) is 1. The first kappa shape index (κ1) is 26.3. The summed E-state index contributed by atoms with van der Waals surface area (Å²) in [6, 6.07) is 15.0. The van der Waals surface area contributed by atoms with Crippen LogP contribution in [0.2, 0.25) is 10.0 Å². The quantitative estimate of drug-likeness (QED) is 0.451. The van der Waals surface area contributed by atoms with Crippen LogP contribution in [-0.2, 0) is 21.4 Å². The third kappa shape index (κ3) is 5.74. The number of likely N-dealkylation sites (N-methyl/N-ethyl adjacent to an activating group) is 1. The molecule has 1 N–H and O–H groups in total. The first-order valence-corrected chi connectivity index (χ1v) is 14.1. The van der Waals surface area contributed by atoms with Crippen molar-refractivity contribution in [3.63, 3.8) is 0 Å². The molecule has 3 aliphatic heterocycles. The summed E-state index contributed by atoms with van der Waals surface area (Å²) in [5, 5.41) is 4.14. The van der Waals surface area contributed by atoms with E-state index < -0.39 is 11.5 Å². The molecule has 3 heterocycles. The fourth-order valence-electron chi connectivity index (χ4n) is 6.00. The van der Waals surface area contributed by atoms with E-state index in [1.807, 2.05) is 30.5 Å². The van der Waals surface area contributed by atoms with Crippen molar-refractivity contribution in [1.82, 2.24) is 15.1 Å². The summed E-state index contributed by atoms with van der Waals surface area (Å²) >= 11 is 12.6. The maximum atomic E-state index is 13.9. The van der Waals surface area contributed by atoms with E-state index >= 15 is 0 Å². The van der Waals surface area contributed by atoms with E-state index in [2.05, 4.69) is 22.3 Å². The highest BCUT2D eigenvalue weighted by Gasteiger charge is 2.54. The number of nitrogens with zero attached hydrogens (tertiary/aromatic N) is 2. The second kappa shape index (κ2) is 11.2. The summed E-state index contributed by atoms with van der Waals surface area (Å²) in [6.45, 7) is 3.21. The Labute approximate surface area is 229 Å². The molecule has 4 aliphatic rings. The number of halogens is 2. The number of nitrogens with one attached hydrogen (secondary N) is 1. The lowest BCUT2D eigenvalue weighted by atomic mass is 9.84.